The zero-order chi connectivity index (χ0) is 22.5. The number of thioether (sulfide) groups is 1. The molecule has 6 nitrogen and oxygen atoms in total. The van der Waals surface area contributed by atoms with Gasteiger partial charge in [-0.2, -0.15) is 0 Å². The van der Waals surface area contributed by atoms with Crippen LogP contribution in [0.2, 0.25) is 0 Å². The van der Waals surface area contributed by atoms with E-state index in [2.05, 4.69) is 5.32 Å². The molecule has 32 heavy (non-hydrogen) atoms. The molecule has 7 heteroatoms. The van der Waals surface area contributed by atoms with Gasteiger partial charge in [0.05, 0.1) is 25.2 Å². The predicted octanol–water partition coefficient (Wildman–Crippen LogP) is 5.12. The third kappa shape index (κ3) is 4.57. The molecule has 1 atom stereocenters. The van der Waals surface area contributed by atoms with E-state index in [4.69, 9.17) is 9.47 Å². The topological polar surface area (TPSA) is 67.9 Å². The van der Waals surface area contributed by atoms with Gasteiger partial charge in [-0.25, -0.2) is 0 Å². The van der Waals surface area contributed by atoms with Gasteiger partial charge in [0.1, 0.15) is 16.9 Å². The second kappa shape index (κ2) is 9.78. The Kier molecular flexibility index (Phi) is 6.66. The molecule has 4 rings (SSSR count). The van der Waals surface area contributed by atoms with E-state index in [1.807, 2.05) is 55.5 Å². The van der Waals surface area contributed by atoms with Gasteiger partial charge in [-0.15, -0.1) is 11.8 Å². The fourth-order valence-corrected chi connectivity index (χ4v) is 4.74. The second-order valence-corrected chi connectivity index (χ2v) is 8.20. The van der Waals surface area contributed by atoms with Crippen LogP contribution in [-0.4, -0.2) is 31.3 Å². The Morgan fingerprint density at radius 1 is 1.09 bits per heavy atom. The van der Waals surface area contributed by atoms with Gasteiger partial charge in [-0.1, -0.05) is 24.3 Å². The Morgan fingerprint density at radius 3 is 2.62 bits per heavy atom. The van der Waals surface area contributed by atoms with Crippen LogP contribution in [0.5, 0.6) is 11.5 Å². The van der Waals surface area contributed by atoms with Gasteiger partial charge in [0, 0.05) is 11.3 Å². The van der Waals surface area contributed by atoms with E-state index < -0.39 is 0 Å². The Balaban J connectivity index is 1.58. The lowest BCUT2D eigenvalue weighted by Crippen LogP contribution is -2.28. The molecular formula is C25H24N2O4S. The van der Waals surface area contributed by atoms with Crippen molar-refractivity contribution < 1.29 is 19.1 Å². The molecule has 1 N–H and O–H groups in total. The maximum Gasteiger partial charge on any atom is 0.255 e. The molecule has 1 saturated heterocycles. The Labute approximate surface area is 191 Å². The van der Waals surface area contributed by atoms with Crippen molar-refractivity contribution in [2.45, 2.75) is 12.3 Å². The van der Waals surface area contributed by atoms with E-state index in [0.29, 0.717) is 35.1 Å². The summed E-state index contributed by atoms with van der Waals surface area (Å²) >= 11 is 1.56. The third-order valence-electron chi connectivity index (χ3n) is 5.07. The first-order chi connectivity index (χ1) is 15.6. The standard InChI is InChI=1S/C25H24N2O4S/c1-3-31-22-10-5-4-9-21(22)27-23(28)16-32-25(27)18-7-6-8-19(15-18)26-24(29)17-11-13-20(30-2)14-12-17/h4-15,25H,3,16H2,1-2H3,(H,26,29)/t25-/m0/s1. The quantitative estimate of drug-likeness (QED) is 0.543. The van der Waals surface area contributed by atoms with Crippen LogP contribution in [0.4, 0.5) is 11.4 Å². The highest BCUT2D eigenvalue weighted by molar-refractivity contribution is 8.00. The first-order valence-corrected chi connectivity index (χ1v) is 11.4. The van der Waals surface area contributed by atoms with Crippen LogP contribution in [0.15, 0.2) is 72.8 Å². The van der Waals surface area contributed by atoms with Crippen molar-refractivity contribution in [2.24, 2.45) is 0 Å². The van der Waals surface area contributed by atoms with E-state index in [0.717, 1.165) is 11.3 Å². The highest BCUT2D eigenvalue weighted by atomic mass is 32.2. The van der Waals surface area contributed by atoms with Gasteiger partial charge in [0.2, 0.25) is 5.91 Å². The molecule has 0 unspecified atom stereocenters. The summed E-state index contributed by atoms with van der Waals surface area (Å²) in [5.74, 6) is 1.57. The molecule has 1 heterocycles. The van der Waals surface area contributed by atoms with Gasteiger partial charge in [-0.05, 0) is 61.0 Å². The van der Waals surface area contributed by atoms with Gasteiger partial charge in [0.15, 0.2) is 0 Å². The number of hydrogen-bond acceptors (Lipinski definition) is 5. The molecule has 0 radical (unpaired) electrons. The second-order valence-electron chi connectivity index (χ2n) is 7.14. The molecule has 0 bridgehead atoms. The Morgan fingerprint density at radius 2 is 1.88 bits per heavy atom. The largest absolute Gasteiger partial charge is 0.497 e. The summed E-state index contributed by atoms with van der Waals surface area (Å²) in [7, 11) is 1.59. The van der Waals surface area contributed by atoms with Crippen molar-refractivity contribution in [1.29, 1.82) is 0 Å². The maximum atomic E-state index is 12.8. The van der Waals surface area contributed by atoms with Gasteiger partial charge in [0.25, 0.3) is 5.91 Å². The number of rotatable bonds is 7. The van der Waals surface area contributed by atoms with E-state index in [1.165, 1.54) is 0 Å². The first-order valence-electron chi connectivity index (χ1n) is 10.3. The van der Waals surface area contributed by atoms with Gasteiger partial charge >= 0.3 is 0 Å². The lowest BCUT2D eigenvalue weighted by Gasteiger charge is -2.26. The number of carbonyl (C=O) groups excluding carboxylic acids is 2. The minimum atomic E-state index is -0.210. The lowest BCUT2D eigenvalue weighted by atomic mass is 10.1. The van der Waals surface area contributed by atoms with E-state index in [1.54, 1.807) is 48.0 Å². The SMILES string of the molecule is CCOc1ccccc1N1C(=O)CS[C@H]1c1cccc(NC(=O)c2ccc(OC)cc2)c1. The molecule has 3 aromatic rings. The summed E-state index contributed by atoms with van der Waals surface area (Å²) < 4.78 is 10.9. The van der Waals surface area contributed by atoms with Gasteiger partial charge in [-0.3, -0.25) is 14.5 Å². The van der Waals surface area contributed by atoms with Crippen molar-refractivity contribution in [1.82, 2.24) is 0 Å². The highest BCUT2D eigenvalue weighted by Gasteiger charge is 2.35. The number of methoxy groups -OCH3 is 1. The van der Waals surface area contributed by atoms with Crippen LogP contribution in [0.1, 0.15) is 28.2 Å². The third-order valence-corrected chi connectivity index (χ3v) is 6.29. The normalized spacial score (nSPS) is 15.5. The molecule has 0 aliphatic carbocycles. The van der Waals surface area contributed by atoms with E-state index in [9.17, 15) is 9.59 Å². The summed E-state index contributed by atoms with van der Waals surface area (Å²) in [6.07, 6.45) is 0. The summed E-state index contributed by atoms with van der Waals surface area (Å²) in [6.45, 7) is 2.44. The molecule has 164 valence electrons. The number of nitrogens with zero attached hydrogens (tertiary/aromatic N) is 1. The first kappa shape index (κ1) is 21.8. The molecule has 0 aromatic heterocycles. The van der Waals surface area contributed by atoms with Crippen LogP contribution < -0.4 is 19.7 Å². The average molecular weight is 449 g/mol. The molecule has 0 saturated carbocycles. The van der Waals surface area contributed by atoms with Crippen LogP contribution in [0.25, 0.3) is 0 Å². The number of ether oxygens (including phenoxy) is 2. The summed E-state index contributed by atoms with van der Waals surface area (Å²) in [5, 5.41) is 2.73. The zero-order valence-corrected chi connectivity index (χ0v) is 18.7. The van der Waals surface area contributed by atoms with Crippen LogP contribution in [0.3, 0.4) is 0 Å². The number of carbonyl (C=O) groups is 2. The average Bonchev–Trinajstić information content (AvgIpc) is 3.21. The molecule has 1 aliphatic heterocycles. The fraction of sp³-hybridized carbons (Fsp3) is 0.200. The number of amides is 2. The van der Waals surface area contributed by atoms with Crippen molar-refractivity contribution in [3.05, 3.63) is 83.9 Å². The van der Waals surface area contributed by atoms with Crippen molar-refractivity contribution in [2.75, 3.05) is 29.7 Å². The molecule has 3 aromatic carbocycles. The Bertz CT molecular complexity index is 1120. The number of benzene rings is 3. The van der Waals surface area contributed by atoms with Crippen molar-refractivity contribution >= 4 is 35.0 Å². The van der Waals surface area contributed by atoms with E-state index >= 15 is 0 Å². The van der Waals surface area contributed by atoms with Crippen molar-refractivity contribution in [3.63, 3.8) is 0 Å². The number of hydrogen-bond donors (Lipinski definition) is 1. The molecule has 0 spiro atoms. The molecular weight excluding hydrogens is 424 g/mol. The highest BCUT2D eigenvalue weighted by Crippen LogP contribution is 2.45. The van der Waals surface area contributed by atoms with Crippen LogP contribution in [-0.2, 0) is 4.79 Å². The minimum absolute atomic E-state index is 0.0276. The maximum absolute atomic E-state index is 12.8. The fourth-order valence-electron chi connectivity index (χ4n) is 3.58. The smallest absolute Gasteiger partial charge is 0.255 e. The van der Waals surface area contributed by atoms with E-state index in [-0.39, 0.29) is 17.2 Å². The molecule has 2 amide bonds. The van der Waals surface area contributed by atoms with Crippen LogP contribution >= 0.6 is 11.8 Å². The molecule has 1 aliphatic rings. The van der Waals surface area contributed by atoms with Gasteiger partial charge < -0.3 is 14.8 Å². The summed E-state index contributed by atoms with van der Waals surface area (Å²) in [4.78, 5) is 27.2. The lowest BCUT2D eigenvalue weighted by molar-refractivity contribution is -0.115. The minimum Gasteiger partial charge on any atom is -0.497 e. The Hall–Kier alpha value is -3.45. The van der Waals surface area contributed by atoms with Crippen LogP contribution in [0, 0.1) is 0 Å². The number of nitrogens with one attached hydrogen (secondary N) is 1. The number of anilines is 2. The summed E-state index contributed by atoms with van der Waals surface area (Å²) in [5.41, 5.74) is 2.89. The summed E-state index contributed by atoms with van der Waals surface area (Å²) in [6, 6.07) is 22.1. The molecule has 1 fully saturated rings. The van der Waals surface area contributed by atoms with Crippen molar-refractivity contribution in [3.8, 4) is 11.5 Å². The monoisotopic (exact) mass is 448 g/mol. The predicted molar refractivity (Wildman–Crippen MR) is 128 cm³/mol. The number of para-hydroxylation sites is 2. The zero-order valence-electron chi connectivity index (χ0n) is 17.9.